The SMILES string of the molecule is CCC(NC1CCCC(C(C)C)C1)c1cccs1. The molecule has 0 bridgehead atoms. The molecule has 102 valence electrons. The van der Waals surface area contributed by atoms with Crippen LogP contribution >= 0.6 is 11.3 Å². The average Bonchev–Trinajstić information content (AvgIpc) is 2.90. The summed E-state index contributed by atoms with van der Waals surface area (Å²) in [6.07, 6.45) is 6.78. The van der Waals surface area contributed by atoms with Gasteiger partial charge in [-0.2, -0.15) is 0 Å². The lowest BCUT2D eigenvalue weighted by molar-refractivity contribution is 0.220. The molecule has 1 N–H and O–H groups in total. The van der Waals surface area contributed by atoms with Gasteiger partial charge in [-0.3, -0.25) is 0 Å². The van der Waals surface area contributed by atoms with Crippen LogP contribution in [0.2, 0.25) is 0 Å². The number of thiophene rings is 1. The van der Waals surface area contributed by atoms with E-state index in [0.717, 1.165) is 17.9 Å². The van der Waals surface area contributed by atoms with Crippen molar-refractivity contribution in [2.45, 2.75) is 65.0 Å². The van der Waals surface area contributed by atoms with E-state index in [0.29, 0.717) is 6.04 Å². The highest BCUT2D eigenvalue weighted by Gasteiger charge is 2.25. The summed E-state index contributed by atoms with van der Waals surface area (Å²) in [4.78, 5) is 1.50. The van der Waals surface area contributed by atoms with Crippen molar-refractivity contribution in [1.82, 2.24) is 5.32 Å². The standard InChI is InChI=1S/C16H27NS/c1-4-15(16-9-6-10-18-16)17-14-8-5-7-13(11-14)12(2)3/h6,9-10,12-15,17H,4-5,7-8,11H2,1-3H3. The topological polar surface area (TPSA) is 12.0 Å². The molecule has 0 radical (unpaired) electrons. The average molecular weight is 265 g/mol. The number of hydrogen-bond donors (Lipinski definition) is 1. The van der Waals surface area contributed by atoms with Crippen LogP contribution in [0.25, 0.3) is 0 Å². The molecule has 0 aromatic carbocycles. The first-order chi connectivity index (χ1) is 8.70. The van der Waals surface area contributed by atoms with Crippen LogP contribution in [0.3, 0.4) is 0 Å². The second-order valence-electron chi connectivity index (χ2n) is 6.01. The van der Waals surface area contributed by atoms with Gasteiger partial charge in [0.25, 0.3) is 0 Å². The lowest BCUT2D eigenvalue weighted by Crippen LogP contribution is -2.37. The normalized spacial score (nSPS) is 26.4. The Labute approximate surface area is 116 Å². The molecule has 2 heteroatoms. The van der Waals surface area contributed by atoms with Crippen molar-refractivity contribution in [3.05, 3.63) is 22.4 Å². The van der Waals surface area contributed by atoms with Gasteiger partial charge in [0.05, 0.1) is 0 Å². The molecule has 2 rings (SSSR count). The fraction of sp³-hybridized carbons (Fsp3) is 0.750. The first kappa shape index (κ1) is 14.1. The third-order valence-corrected chi connectivity index (χ3v) is 5.38. The zero-order valence-electron chi connectivity index (χ0n) is 12.0. The van der Waals surface area contributed by atoms with E-state index in [1.54, 1.807) is 0 Å². The summed E-state index contributed by atoms with van der Waals surface area (Å²) in [5.41, 5.74) is 0. The van der Waals surface area contributed by atoms with Gasteiger partial charge >= 0.3 is 0 Å². The van der Waals surface area contributed by atoms with E-state index < -0.39 is 0 Å². The van der Waals surface area contributed by atoms with E-state index in [4.69, 9.17) is 0 Å². The Bertz CT molecular complexity index is 331. The van der Waals surface area contributed by atoms with Crippen LogP contribution in [-0.2, 0) is 0 Å². The van der Waals surface area contributed by atoms with E-state index in [1.807, 2.05) is 11.3 Å². The fourth-order valence-corrected chi connectivity index (χ4v) is 4.03. The number of nitrogens with one attached hydrogen (secondary N) is 1. The lowest BCUT2D eigenvalue weighted by Gasteiger charge is -2.34. The maximum absolute atomic E-state index is 3.90. The molecule has 1 aromatic rings. The van der Waals surface area contributed by atoms with E-state index in [1.165, 1.54) is 37.0 Å². The van der Waals surface area contributed by atoms with Crippen LogP contribution in [0.4, 0.5) is 0 Å². The molecule has 1 fully saturated rings. The van der Waals surface area contributed by atoms with E-state index in [2.05, 4.69) is 43.6 Å². The summed E-state index contributed by atoms with van der Waals surface area (Å²) >= 11 is 1.89. The Morgan fingerprint density at radius 3 is 2.83 bits per heavy atom. The fourth-order valence-electron chi connectivity index (χ4n) is 3.16. The van der Waals surface area contributed by atoms with Crippen molar-refractivity contribution < 1.29 is 0 Å². The van der Waals surface area contributed by atoms with Crippen LogP contribution in [0.1, 0.15) is 63.8 Å². The van der Waals surface area contributed by atoms with Gasteiger partial charge in [0.1, 0.15) is 0 Å². The number of hydrogen-bond acceptors (Lipinski definition) is 2. The maximum atomic E-state index is 3.90. The minimum absolute atomic E-state index is 0.570. The summed E-state index contributed by atoms with van der Waals surface area (Å²) in [5, 5.41) is 6.10. The van der Waals surface area contributed by atoms with Crippen molar-refractivity contribution in [3.8, 4) is 0 Å². The van der Waals surface area contributed by atoms with Gasteiger partial charge in [-0.1, -0.05) is 39.7 Å². The zero-order valence-corrected chi connectivity index (χ0v) is 12.8. The van der Waals surface area contributed by atoms with E-state index >= 15 is 0 Å². The van der Waals surface area contributed by atoms with Crippen molar-refractivity contribution in [3.63, 3.8) is 0 Å². The van der Waals surface area contributed by atoms with Crippen LogP contribution in [0, 0.1) is 11.8 Å². The highest BCUT2D eigenvalue weighted by Crippen LogP contribution is 2.32. The van der Waals surface area contributed by atoms with Gasteiger partial charge in [-0.25, -0.2) is 0 Å². The monoisotopic (exact) mass is 265 g/mol. The minimum Gasteiger partial charge on any atom is -0.306 e. The highest BCUT2D eigenvalue weighted by atomic mass is 32.1. The molecule has 18 heavy (non-hydrogen) atoms. The molecular formula is C16H27NS. The first-order valence-corrected chi connectivity index (χ1v) is 8.38. The van der Waals surface area contributed by atoms with Crippen molar-refractivity contribution in [1.29, 1.82) is 0 Å². The first-order valence-electron chi connectivity index (χ1n) is 7.50. The Hall–Kier alpha value is -0.340. The molecular weight excluding hydrogens is 238 g/mol. The molecule has 1 saturated carbocycles. The summed E-state index contributed by atoms with van der Waals surface area (Å²) in [6, 6.07) is 5.75. The third kappa shape index (κ3) is 3.58. The van der Waals surface area contributed by atoms with E-state index in [-0.39, 0.29) is 0 Å². The summed E-state index contributed by atoms with van der Waals surface area (Å²) in [6.45, 7) is 7.05. The highest BCUT2D eigenvalue weighted by molar-refractivity contribution is 7.10. The van der Waals surface area contributed by atoms with Crippen molar-refractivity contribution >= 4 is 11.3 Å². The molecule has 1 aromatic heterocycles. The largest absolute Gasteiger partial charge is 0.306 e. The predicted octanol–water partition coefficient (Wildman–Crippen LogP) is 5.00. The van der Waals surface area contributed by atoms with Crippen LogP contribution in [-0.4, -0.2) is 6.04 Å². The molecule has 1 aliphatic carbocycles. The van der Waals surface area contributed by atoms with Crippen LogP contribution in [0.15, 0.2) is 17.5 Å². The van der Waals surface area contributed by atoms with Gasteiger partial charge in [0.15, 0.2) is 0 Å². The zero-order chi connectivity index (χ0) is 13.0. The Morgan fingerprint density at radius 1 is 1.39 bits per heavy atom. The minimum atomic E-state index is 0.570. The molecule has 3 unspecified atom stereocenters. The van der Waals surface area contributed by atoms with Crippen molar-refractivity contribution in [2.75, 3.05) is 0 Å². The predicted molar refractivity (Wildman–Crippen MR) is 81.1 cm³/mol. The molecule has 1 nitrogen and oxygen atoms in total. The summed E-state index contributed by atoms with van der Waals surface area (Å²) in [5.74, 6) is 1.77. The van der Waals surface area contributed by atoms with Gasteiger partial charge in [0.2, 0.25) is 0 Å². The molecule has 3 atom stereocenters. The van der Waals surface area contributed by atoms with Crippen molar-refractivity contribution in [2.24, 2.45) is 11.8 Å². The van der Waals surface area contributed by atoms with Crippen LogP contribution < -0.4 is 5.32 Å². The molecule has 0 saturated heterocycles. The Kier molecular flexibility index (Phi) is 5.25. The molecule has 0 amide bonds. The smallest absolute Gasteiger partial charge is 0.0414 e. The summed E-state index contributed by atoms with van der Waals surface area (Å²) in [7, 11) is 0. The molecule has 0 aliphatic heterocycles. The Morgan fingerprint density at radius 2 is 2.22 bits per heavy atom. The van der Waals surface area contributed by atoms with Gasteiger partial charge in [-0.05, 0) is 42.5 Å². The molecule has 0 spiro atoms. The number of rotatable bonds is 5. The van der Waals surface area contributed by atoms with Gasteiger partial charge in [0, 0.05) is 17.0 Å². The maximum Gasteiger partial charge on any atom is 0.0414 e. The van der Waals surface area contributed by atoms with Crippen LogP contribution in [0.5, 0.6) is 0 Å². The van der Waals surface area contributed by atoms with Gasteiger partial charge < -0.3 is 5.32 Å². The second-order valence-corrected chi connectivity index (χ2v) is 6.99. The molecule has 1 heterocycles. The van der Waals surface area contributed by atoms with Gasteiger partial charge in [-0.15, -0.1) is 11.3 Å². The third-order valence-electron chi connectivity index (χ3n) is 4.39. The summed E-state index contributed by atoms with van der Waals surface area (Å²) < 4.78 is 0. The lowest BCUT2D eigenvalue weighted by atomic mass is 9.79. The van der Waals surface area contributed by atoms with E-state index in [9.17, 15) is 0 Å². The second kappa shape index (κ2) is 6.72. The Balaban J connectivity index is 1.91. The quantitative estimate of drug-likeness (QED) is 0.789. The molecule has 1 aliphatic rings.